The summed E-state index contributed by atoms with van der Waals surface area (Å²) in [5, 5.41) is 17.5. The lowest BCUT2D eigenvalue weighted by Crippen LogP contribution is -2.09. The highest BCUT2D eigenvalue weighted by atomic mass is 16.4. The van der Waals surface area contributed by atoms with E-state index in [1.165, 1.54) is 0 Å². The normalized spacial score (nSPS) is 10.3. The maximum Gasteiger partial charge on any atom is 0.352 e. The molecule has 0 bridgehead atoms. The van der Waals surface area contributed by atoms with Crippen molar-refractivity contribution in [3.8, 4) is 0 Å². The average molecular weight is 183 g/mol. The number of aliphatic hydroxyl groups is 1. The van der Waals surface area contributed by atoms with Crippen molar-refractivity contribution >= 4 is 5.97 Å². The van der Waals surface area contributed by atoms with Crippen molar-refractivity contribution in [1.82, 2.24) is 4.57 Å². The van der Waals surface area contributed by atoms with Crippen LogP contribution in [0.2, 0.25) is 0 Å². The van der Waals surface area contributed by atoms with E-state index >= 15 is 0 Å². The molecule has 0 aliphatic heterocycles. The second kappa shape index (κ2) is 4.09. The van der Waals surface area contributed by atoms with Gasteiger partial charge in [-0.2, -0.15) is 0 Å². The van der Waals surface area contributed by atoms with Crippen molar-refractivity contribution < 1.29 is 15.0 Å². The molecule has 0 unspecified atom stereocenters. The van der Waals surface area contributed by atoms with Crippen LogP contribution in [0.5, 0.6) is 0 Å². The molecule has 0 aliphatic rings. The van der Waals surface area contributed by atoms with Gasteiger partial charge in [0.2, 0.25) is 0 Å². The molecule has 1 aromatic heterocycles. The zero-order chi connectivity index (χ0) is 9.84. The van der Waals surface area contributed by atoms with E-state index in [9.17, 15) is 4.79 Å². The number of nitrogens with zero attached hydrogens (tertiary/aromatic N) is 1. The summed E-state index contributed by atoms with van der Waals surface area (Å²) in [7, 11) is 0. The Morgan fingerprint density at radius 3 is 2.85 bits per heavy atom. The van der Waals surface area contributed by atoms with E-state index in [-0.39, 0.29) is 6.61 Å². The highest BCUT2D eigenvalue weighted by molar-refractivity contribution is 5.87. The Kier molecular flexibility index (Phi) is 3.08. The molecule has 4 heteroatoms. The van der Waals surface area contributed by atoms with Crippen molar-refractivity contribution in [2.75, 3.05) is 6.61 Å². The van der Waals surface area contributed by atoms with Crippen LogP contribution in [0.4, 0.5) is 0 Å². The third kappa shape index (κ3) is 2.09. The number of hydrogen-bond donors (Lipinski definition) is 2. The first-order chi connectivity index (χ1) is 6.16. The fraction of sp³-hybridized carbons (Fsp3) is 0.444. The predicted molar refractivity (Wildman–Crippen MR) is 47.8 cm³/mol. The van der Waals surface area contributed by atoms with Crippen LogP contribution in [0, 0.1) is 6.92 Å². The molecule has 0 aliphatic carbocycles. The minimum atomic E-state index is -0.916. The molecule has 0 amide bonds. The first kappa shape index (κ1) is 9.80. The molecule has 0 saturated heterocycles. The number of aliphatic hydroxyl groups excluding tert-OH is 1. The van der Waals surface area contributed by atoms with Crippen molar-refractivity contribution in [2.24, 2.45) is 0 Å². The second-order valence-corrected chi connectivity index (χ2v) is 2.92. The van der Waals surface area contributed by atoms with Crippen LogP contribution in [0.25, 0.3) is 0 Å². The lowest BCUT2D eigenvalue weighted by atomic mass is 10.3. The molecule has 0 saturated carbocycles. The Morgan fingerprint density at radius 1 is 1.62 bits per heavy atom. The summed E-state index contributed by atoms with van der Waals surface area (Å²) < 4.78 is 1.65. The number of carboxylic acid groups (broad SMARTS) is 1. The van der Waals surface area contributed by atoms with Crippen LogP contribution in [0.1, 0.15) is 22.5 Å². The van der Waals surface area contributed by atoms with Gasteiger partial charge in [0.25, 0.3) is 0 Å². The van der Waals surface area contributed by atoms with Gasteiger partial charge in [-0.15, -0.1) is 0 Å². The van der Waals surface area contributed by atoms with Crippen LogP contribution in [0.3, 0.4) is 0 Å². The first-order valence-corrected chi connectivity index (χ1v) is 4.16. The van der Waals surface area contributed by atoms with E-state index < -0.39 is 5.97 Å². The molecule has 1 heterocycles. The van der Waals surface area contributed by atoms with E-state index in [1.807, 2.05) is 0 Å². The van der Waals surface area contributed by atoms with Gasteiger partial charge in [0, 0.05) is 19.3 Å². The molecule has 0 fully saturated rings. The second-order valence-electron chi connectivity index (χ2n) is 2.92. The third-order valence-electron chi connectivity index (χ3n) is 1.92. The van der Waals surface area contributed by atoms with E-state index in [4.69, 9.17) is 10.2 Å². The van der Waals surface area contributed by atoms with Crippen LogP contribution >= 0.6 is 0 Å². The molecule has 0 radical (unpaired) electrons. The zero-order valence-corrected chi connectivity index (χ0v) is 7.53. The molecule has 13 heavy (non-hydrogen) atoms. The standard InChI is InChI=1S/C9H13NO3/c1-7-3-5-10(4-2-6-11)8(7)9(12)13/h3,5,11H,2,4,6H2,1H3,(H,12,13). The van der Waals surface area contributed by atoms with Gasteiger partial charge in [-0.1, -0.05) is 0 Å². The van der Waals surface area contributed by atoms with Crippen LogP contribution in [-0.2, 0) is 6.54 Å². The van der Waals surface area contributed by atoms with E-state index in [1.54, 1.807) is 23.8 Å². The predicted octanol–water partition coefficient (Wildman–Crippen LogP) is 0.877. The summed E-state index contributed by atoms with van der Waals surface area (Å²) in [6.07, 6.45) is 2.31. The molecule has 1 aromatic rings. The Hall–Kier alpha value is -1.29. The van der Waals surface area contributed by atoms with Gasteiger partial charge in [0.15, 0.2) is 0 Å². The summed E-state index contributed by atoms with van der Waals surface area (Å²) in [4.78, 5) is 10.8. The van der Waals surface area contributed by atoms with Crippen molar-refractivity contribution in [3.05, 3.63) is 23.5 Å². The molecular formula is C9H13NO3. The number of rotatable bonds is 4. The van der Waals surface area contributed by atoms with Gasteiger partial charge in [-0.3, -0.25) is 0 Å². The van der Waals surface area contributed by atoms with Gasteiger partial charge in [0.1, 0.15) is 5.69 Å². The number of aromatic carboxylic acids is 1. The van der Waals surface area contributed by atoms with E-state index in [0.717, 1.165) is 5.56 Å². The van der Waals surface area contributed by atoms with Crippen molar-refractivity contribution in [2.45, 2.75) is 19.9 Å². The molecule has 0 atom stereocenters. The maximum absolute atomic E-state index is 10.8. The van der Waals surface area contributed by atoms with Crippen LogP contribution in [-0.4, -0.2) is 27.4 Å². The Balaban J connectivity index is 2.87. The van der Waals surface area contributed by atoms with Crippen LogP contribution in [0.15, 0.2) is 12.3 Å². The molecule has 0 aromatic carbocycles. The quantitative estimate of drug-likeness (QED) is 0.728. The summed E-state index contributed by atoms with van der Waals surface area (Å²) in [6, 6.07) is 1.76. The molecule has 0 spiro atoms. The Bertz CT molecular complexity index is 304. The van der Waals surface area contributed by atoms with E-state index in [0.29, 0.717) is 18.7 Å². The molecule has 1 rings (SSSR count). The number of hydrogen-bond acceptors (Lipinski definition) is 2. The average Bonchev–Trinajstić information content (AvgIpc) is 2.43. The van der Waals surface area contributed by atoms with Gasteiger partial charge >= 0.3 is 5.97 Å². The minimum absolute atomic E-state index is 0.0796. The molecule has 72 valence electrons. The maximum atomic E-state index is 10.8. The van der Waals surface area contributed by atoms with Crippen molar-refractivity contribution in [3.63, 3.8) is 0 Å². The monoisotopic (exact) mass is 183 g/mol. The number of aryl methyl sites for hydroxylation is 2. The smallest absolute Gasteiger partial charge is 0.352 e. The summed E-state index contributed by atoms with van der Waals surface area (Å²) in [6.45, 7) is 2.39. The zero-order valence-electron chi connectivity index (χ0n) is 7.53. The van der Waals surface area contributed by atoms with Crippen LogP contribution < -0.4 is 0 Å². The van der Waals surface area contributed by atoms with Gasteiger partial charge < -0.3 is 14.8 Å². The highest BCUT2D eigenvalue weighted by Gasteiger charge is 2.12. The summed E-state index contributed by atoms with van der Waals surface area (Å²) in [5.41, 5.74) is 1.07. The van der Waals surface area contributed by atoms with Crippen molar-refractivity contribution in [1.29, 1.82) is 0 Å². The lowest BCUT2D eigenvalue weighted by Gasteiger charge is -2.04. The summed E-state index contributed by atoms with van der Waals surface area (Å²) in [5.74, 6) is -0.916. The number of carboxylic acids is 1. The Morgan fingerprint density at radius 2 is 2.31 bits per heavy atom. The number of aromatic nitrogens is 1. The van der Waals surface area contributed by atoms with E-state index in [2.05, 4.69) is 0 Å². The minimum Gasteiger partial charge on any atom is -0.477 e. The fourth-order valence-corrected chi connectivity index (χ4v) is 1.30. The van der Waals surface area contributed by atoms with Gasteiger partial charge in [0.05, 0.1) is 0 Å². The number of carbonyl (C=O) groups is 1. The largest absolute Gasteiger partial charge is 0.477 e. The third-order valence-corrected chi connectivity index (χ3v) is 1.92. The fourth-order valence-electron chi connectivity index (χ4n) is 1.30. The molecule has 4 nitrogen and oxygen atoms in total. The van der Waals surface area contributed by atoms with Gasteiger partial charge in [-0.05, 0) is 25.0 Å². The molecular weight excluding hydrogens is 170 g/mol. The van der Waals surface area contributed by atoms with Gasteiger partial charge in [-0.25, -0.2) is 4.79 Å². The SMILES string of the molecule is Cc1ccn(CCCO)c1C(=O)O. The Labute approximate surface area is 76.4 Å². The molecule has 2 N–H and O–H groups in total. The lowest BCUT2D eigenvalue weighted by molar-refractivity contribution is 0.0683. The topological polar surface area (TPSA) is 62.5 Å². The first-order valence-electron chi connectivity index (χ1n) is 4.16. The highest BCUT2D eigenvalue weighted by Crippen LogP contribution is 2.10. The summed E-state index contributed by atoms with van der Waals surface area (Å²) >= 11 is 0.